The van der Waals surface area contributed by atoms with Crippen molar-refractivity contribution in [1.82, 2.24) is 4.98 Å². The van der Waals surface area contributed by atoms with Crippen LogP contribution >= 0.6 is 11.3 Å². The lowest BCUT2D eigenvalue weighted by Gasteiger charge is -2.01. The second-order valence-corrected chi connectivity index (χ2v) is 5.83. The molecule has 3 rings (SSSR count). The molecule has 3 aromatic rings. The van der Waals surface area contributed by atoms with Gasteiger partial charge in [0.25, 0.3) is 5.91 Å². The van der Waals surface area contributed by atoms with Crippen molar-refractivity contribution >= 4 is 44.0 Å². The number of carbonyl (C=O) groups is 1. The van der Waals surface area contributed by atoms with Crippen LogP contribution < -0.4 is 16.8 Å². The summed E-state index contributed by atoms with van der Waals surface area (Å²) in [6, 6.07) is 10.6. The molecule has 0 bridgehead atoms. The van der Waals surface area contributed by atoms with Gasteiger partial charge in [-0.25, -0.2) is 4.98 Å². The van der Waals surface area contributed by atoms with Crippen molar-refractivity contribution in [3.05, 3.63) is 47.5 Å². The van der Waals surface area contributed by atoms with Crippen molar-refractivity contribution in [3.63, 3.8) is 0 Å². The van der Waals surface area contributed by atoms with E-state index in [2.05, 4.69) is 10.3 Å². The van der Waals surface area contributed by atoms with Crippen LogP contribution in [0.4, 0.5) is 16.5 Å². The number of nitrogens with zero attached hydrogens (tertiary/aromatic N) is 1. The smallest absolute Gasteiger partial charge is 0.257 e. The molecule has 0 unspecified atom stereocenters. The predicted octanol–water partition coefficient (Wildman–Crippen LogP) is 3.02. The molecule has 1 heterocycles. The quantitative estimate of drug-likeness (QED) is 0.634. The lowest BCUT2D eigenvalue weighted by atomic mass is 10.2. The predicted molar refractivity (Wildman–Crippen MR) is 87.6 cm³/mol. The van der Waals surface area contributed by atoms with Gasteiger partial charge >= 0.3 is 0 Å². The summed E-state index contributed by atoms with van der Waals surface area (Å²) in [7, 11) is 0. The molecule has 5 nitrogen and oxygen atoms in total. The molecule has 2 aromatic carbocycles. The molecule has 0 radical (unpaired) electrons. The molecule has 0 fully saturated rings. The van der Waals surface area contributed by atoms with Crippen LogP contribution in [0.1, 0.15) is 15.9 Å². The highest BCUT2D eigenvalue weighted by molar-refractivity contribution is 7.22. The summed E-state index contributed by atoms with van der Waals surface area (Å²) in [6.07, 6.45) is 0. The van der Waals surface area contributed by atoms with Crippen LogP contribution in [0.15, 0.2) is 36.4 Å². The van der Waals surface area contributed by atoms with Crippen molar-refractivity contribution in [2.24, 2.45) is 0 Å². The Bertz CT molecular complexity index is 824. The first kappa shape index (κ1) is 13.4. The van der Waals surface area contributed by atoms with Gasteiger partial charge in [0.2, 0.25) is 0 Å². The molecule has 1 amide bonds. The number of hydrogen-bond donors (Lipinski definition) is 3. The van der Waals surface area contributed by atoms with E-state index in [0.29, 0.717) is 22.1 Å². The zero-order chi connectivity index (χ0) is 15.0. The Morgan fingerprint density at radius 1 is 1.19 bits per heavy atom. The molecule has 106 valence electrons. The van der Waals surface area contributed by atoms with Gasteiger partial charge in [-0.15, -0.1) is 0 Å². The van der Waals surface area contributed by atoms with E-state index in [1.807, 2.05) is 19.1 Å². The molecule has 6 heteroatoms. The Labute approximate surface area is 125 Å². The highest BCUT2D eigenvalue weighted by atomic mass is 32.1. The summed E-state index contributed by atoms with van der Waals surface area (Å²) in [4.78, 5) is 16.5. The highest BCUT2D eigenvalue weighted by Crippen LogP contribution is 2.31. The van der Waals surface area contributed by atoms with E-state index in [9.17, 15) is 4.79 Å². The SMILES string of the molecule is Cc1cc(N)c2nc(NC(=O)c3ccc(N)cc3)sc2c1. The molecule has 5 N–H and O–H groups in total. The third-order valence-corrected chi connectivity index (χ3v) is 3.98. The Hall–Kier alpha value is -2.60. The number of anilines is 3. The van der Waals surface area contributed by atoms with Gasteiger partial charge in [-0.1, -0.05) is 11.3 Å². The number of amides is 1. The molecular formula is C15H14N4OS. The summed E-state index contributed by atoms with van der Waals surface area (Å²) in [5.41, 5.74) is 15.1. The minimum absolute atomic E-state index is 0.218. The molecule has 1 aromatic heterocycles. The standard InChI is InChI=1S/C15H14N4OS/c1-8-6-11(17)13-12(7-8)21-15(18-13)19-14(20)9-2-4-10(16)5-3-9/h2-7H,16-17H2,1H3,(H,18,19,20). The summed E-state index contributed by atoms with van der Waals surface area (Å²) in [5.74, 6) is -0.218. The van der Waals surface area contributed by atoms with Crippen LogP contribution in [0.3, 0.4) is 0 Å². The number of nitrogens with two attached hydrogens (primary N) is 2. The Kier molecular flexibility index (Phi) is 3.23. The third-order valence-electron chi connectivity index (χ3n) is 3.06. The topological polar surface area (TPSA) is 94.0 Å². The van der Waals surface area contributed by atoms with E-state index < -0.39 is 0 Å². The number of nitrogens with one attached hydrogen (secondary N) is 1. The fraction of sp³-hybridized carbons (Fsp3) is 0.0667. The van der Waals surface area contributed by atoms with Crippen molar-refractivity contribution in [3.8, 4) is 0 Å². The number of carbonyl (C=O) groups excluding carboxylic acids is 1. The molecule has 0 spiro atoms. The fourth-order valence-corrected chi connectivity index (χ4v) is 3.05. The molecule has 0 aliphatic carbocycles. The van der Waals surface area contributed by atoms with Crippen molar-refractivity contribution in [2.75, 3.05) is 16.8 Å². The van der Waals surface area contributed by atoms with E-state index in [4.69, 9.17) is 11.5 Å². The number of benzene rings is 2. The van der Waals surface area contributed by atoms with Gasteiger partial charge < -0.3 is 11.5 Å². The lowest BCUT2D eigenvalue weighted by molar-refractivity contribution is 0.102. The first-order valence-corrected chi connectivity index (χ1v) is 7.18. The number of hydrogen-bond acceptors (Lipinski definition) is 5. The number of rotatable bonds is 2. The van der Waals surface area contributed by atoms with Crippen LogP contribution in [-0.2, 0) is 0 Å². The number of aromatic nitrogens is 1. The maximum atomic E-state index is 12.1. The monoisotopic (exact) mass is 298 g/mol. The molecule has 0 aliphatic rings. The number of fused-ring (bicyclic) bond motifs is 1. The van der Waals surface area contributed by atoms with E-state index in [-0.39, 0.29) is 5.91 Å². The van der Waals surface area contributed by atoms with Gasteiger partial charge in [0.15, 0.2) is 5.13 Å². The van der Waals surface area contributed by atoms with E-state index in [1.54, 1.807) is 24.3 Å². The minimum atomic E-state index is -0.218. The minimum Gasteiger partial charge on any atom is -0.399 e. The average Bonchev–Trinajstić information content (AvgIpc) is 2.82. The van der Waals surface area contributed by atoms with E-state index in [0.717, 1.165) is 15.8 Å². The van der Waals surface area contributed by atoms with Gasteiger partial charge in [0.05, 0.1) is 10.4 Å². The van der Waals surface area contributed by atoms with Crippen LogP contribution in [-0.4, -0.2) is 10.9 Å². The van der Waals surface area contributed by atoms with Crippen molar-refractivity contribution in [2.45, 2.75) is 6.92 Å². The van der Waals surface area contributed by atoms with Crippen LogP contribution in [0.2, 0.25) is 0 Å². The average molecular weight is 298 g/mol. The van der Waals surface area contributed by atoms with E-state index in [1.165, 1.54) is 11.3 Å². The molecule has 21 heavy (non-hydrogen) atoms. The van der Waals surface area contributed by atoms with Crippen LogP contribution in [0, 0.1) is 6.92 Å². The number of thiazole rings is 1. The summed E-state index contributed by atoms with van der Waals surface area (Å²) in [6.45, 7) is 1.97. The summed E-state index contributed by atoms with van der Waals surface area (Å²) in [5, 5.41) is 3.32. The van der Waals surface area contributed by atoms with Gasteiger partial charge in [0, 0.05) is 11.3 Å². The number of aryl methyl sites for hydroxylation is 1. The highest BCUT2D eigenvalue weighted by Gasteiger charge is 2.11. The van der Waals surface area contributed by atoms with Gasteiger partial charge in [-0.3, -0.25) is 10.1 Å². The summed E-state index contributed by atoms with van der Waals surface area (Å²) < 4.78 is 0.958. The largest absolute Gasteiger partial charge is 0.399 e. The lowest BCUT2D eigenvalue weighted by Crippen LogP contribution is -2.11. The Balaban J connectivity index is 1.89. The maximum Gasteiger partial charge on any atom is 0.257 e. The van der Waals surface area contributed by atoms with Crippen LogP contribution in [0.5, 0.6) is 0 Å². The molecular weight excluding hydrogens is 284 g/mol. The first-order valence-electron chi connectivity index (χ1n) is 6.36. The molecule has 0 aliphatic heterocycles. The zero-order valence-corrected chi connectivity index (χ0v) is 12.2. The molecule has 0 saturated carbocycles. The second kappa shape index (κ2) is 5.06. The van der Waals surface area contributed by atoms with Gasteiger partial charge in [0.1, 0.15) is 5.52 Å². The first-order chi connectivity index (χ1) is 10.0. The van der Waals surface area contributed by atoms with Gasteiger partial charge in [-0.2, -0.15) is 0 Å². The Morgan fingerprint density at radius 2 is 1.90 bits per heavy atom. The molecule has 0 saturated heterocycles. The van der Waals surface area contributed by atoms with Crippen molar-refractivity contribution in [1.29, 1.82) is 0 Å². The van der Waals surface area contributed by atoms with Crippen LogP contribution in [0.25, 0.3) is 10.2 Å². The second-order valence-electron chi connectivity index (χ2n) is 4.80. The van der Waals surface area contributed by atoms with Gasteiger partial charge in [-0.05, 0) is 48.9 Å². The zero-order valence-electron chi connectivity index (χ0n) is 11.4. The third kappa shape index (κ3) is 2.66. The molecule has 0 atom stereocenters. The van der Waals surface area contributed by atoms with E-state index >= 15 is 0 Å². The Morgan fingerprint density at radius 3 is 2.62 bits per heavy atom. The number of nitrogen functional groups attached to an aromatic ring is 2. The van der Waals surface area contributed by atoms with Crippen molar-refractivity contribution < 1.29 is 4.79 Å². The maximum absolute atomic E-state index is 12.1. The normalized spacial score (nSPS) is 10.7. The summed E-state index contributed by atoms with van der Waals surface area (Å²) >= 11 is 1.40. The fourth-order valence-electron chi connectivity index (χ4n) is 2.06.